The molecule has 1 aromatic carbocycles. The molecular weight excluding hydrogens is 218 g/mol. The molecular formula is C13H21NOS. The van der Waals surface area contributed by atoms with Gasteiger partial charge in [-0.2, -0.15) is 12.6 Å². The van der Waals surface area contributed by atoms with E-state index in [1.54, 1.807) is 7.11 Å². The molecule has 0 spiro atoms. The van der Waals surface area contributed by atoms with Gasteiger partial charge in [0, 0.05) is 18.0 Å². The Morgan fingerprint density at radius 3 is 2.56 bits per heavy atom. The summed E-state index contributed by atoms with van der Waals surface area (Å²) >= 11 is 4.26. The van der Waals surface area contributed by atoms with Crippen molar-refractivity contribution in [3.8, 4) is 5.75 Å². The van der Waals surface area contributed by atoms with E-state index in [0.29, 0.717) is 5.92 Å². The first-order chi connectivity index (χ1) is 7.58. The van der Waals surface area contributed by atoms with Crippen molar-refractivity contribution < 1.29 is 4.74 Å². The molecule has 0 radical (unpaired) electrons. The summed E-state index contributed by atoms with van der Waals surface area (Å²) in [6.45, 7) is 5.27. The van der Waals surface area contributed by atoms with Crippen LogP contribution in [0.3, 0.4) is 0 Å². The zero-order valence-corrected chi connectivity index (χ0v) is 11.4. The van der Waals surface area contributed by atoms with Gasteiger partial charge in [-0.3, -0.25) is 4.90 Å². The molecule has 0 unspecified atom stereocenters. The third-order valence-electron chi connectivity index (χ3n) is 2.65. The number of hydrogen-bond acceptors (Lipinski definition) is 3. The average molecular weight is 239 g/mol. The number of thiol groups is 1. The third-order valence-corrected chi connectivity index (χ3v) is 3.14. The van der Waals surface area contributed by atoms with E-state index < -0.39 is 0 Å². The molecule has 0 atom stereocenters. The van der Waals surface area contributed by atoms with Crippen LogP contribution in [-0.4, -0.2) is 24.9 Å². The molecule has 0 aliphatic carbocycles. The van der Waals surface area contributed by atoms with Gasteiger partial charge in [-0.1, -0.05) is 26.0 Å². The quantitative estimate of drug-likeness (QED) is 0.626. The summed E-state index contributed by atoms with van der Waals surface area (Å²) in [7, 11) is 3.77. The van der Waals surface area contributed by atoms with Crippen LogP contribution in [0.4, 0.5) is 0 Å². The fourth-order valence-electron chi connectivity index (χ4n) is 1.62. The minimum absolute atomic E-state index is 0.547. The van der Waals surface area contributed by atoms with Crippen molar-refractivity contribution in [3.05, 3.63) is 29.3 Å². The molecule has 0 bridgehead atoms. The zero-order valence-electron chi connectivity index (χ0n) is 10.5. The van der Waals surface area contributed by atoms with Crippen molar-refractivity contribution in [2.75, 3.05) is 20.0 Å². The van der Waals surface area contributed by atoms with Gasteiger partial charge >= 0.3 is 0 Å². The standard InChI is InChI=1S/C13H21NOS/c1-10(2)11-5-6-13(15-4)12(7-11)8-14(3)9-16/h5-7,10,16H,8-9H2,1-4H3. The number of ether oxygens (including phenoxy) is 1. The van der Waals surface area contributed by atoms with Crippen LogP contribution in [0.5, 0.6) is 5.75 Å². The van der Waals surface area contributed by atoms with Gasteiger partial charge in [-0.05, 0) is 24.6 Å². The van der Waals surface area contributed by atoms with Crippen LogP contribution in [0.25, 0.3) is 0 Å². The number of hydrogen-bond donors (Lipinski definition) is 1. The smallest absolute Gasteiger partial charge is 0.123 e. The molecule has 0 saturated carbocycles. The maximum absolute atomic E-state index is 5.37. The number of benzene rings is 1. The van der Waals surface area contributed by atoms with Crippen LogP contribution >= 0.6 is 12.6 Å². The van der Waals surface area contributed by atoms with Gasteiger partial charge in [0.05, 0.1) is 7.11 Å². The highest BCUT2D eigenvalue weighted by molar-refractivity contribution is 7.80. The van der Waals surface area contributed by atoms with E-state index in [9.17, 15) is 0 Å². The first-order valence-corrected chi connectivity index (χ1v) is 6.18. The lowest BCUT2D eigenvalue weighted by atomic mass is 10.00. The normalized spacial score (nSPS) is 11.2. The minimum atomic E-state index is 0.547. The highest BCUT2D eigenvalue weighted by Gasteiger charge is 2.08. The summed E-state index contributed by atoms with van der Waals surface area (Å²) in [5.74, 6) is 2.25. The first kappa shape index (κ1) is 13.4. The fourth-order valence-corrected chi connectivity index (χ4v) is 1.72. The van der Waals surface area contributed by atoms with Gasteiger partial charge in [0.15, 0.2) is 0 Å². The summed E-state index contributed by atoms with van der Waals surface area (Å²) in [6.07, 6.45) is 0. The van der Waals surface area contributed by atoms with E-state index in [2.05, 4.69) is 56.6 Å². The molecule has 3 heteroatoms. The van der Waals surface area contributed by atoms with Crippen molar-refractivity contribution in [3.63, 3.8) is 0 Å². The molecule has 0 aromatic heterocycles. The van der Waals surface area contributed by atoms with Gasteiger partial charge in [-0.15, -0.1) is 0 Å². The van der Waals surface area contributed by atoms with Crippen LogP contribution in [-0.2, 0) is 6.54 Å². The zero-order chi connectivity index (χ0) is 12.1. The van der Waals surface area contributed by atoms with Crippen LogP contribution in [0, 0.1) is 0 Å². The summed E-state index contributed by atoms with van der Waals surface area (Å²) in [5.41, 5.74) is 2.58. The molecule has 90 valence electrons. The topological polar surface area (TPSA) is 12.5 Å². The Kier molecular flexibility index (Phi) is 5.16. The lowest BCUT2D eigenvalue weighted by Crippen LogP contribution is -2.16. The van der Waals surface area contributed by atoms with Gasteiger partial charge < -0.3 is 4.74 Å². The van der Waals surface area contributed by atoms with Crippen molar-refractivity contribution in [2.24, 2.45) is 0 Å². The first-order valence-electron chi connectivity index (χ1n) is 5.54. The lowest BCUT2D eigenvalue weighted by Gasteiger charge is -2.17. The van der Waals surface area contributed by atoms with Crippen LogP contribution < -0.4 is 4.74 Å². The van der Waals surface area contributed by atoms with Crippen LogP contribution in [0.2, 0.25) is 0 Å². The van der Waals surface area contributed by atoms with E-state index in [-0.39, 0.29) is 0 Å². The van der Waals surface area contributed by atoms with E-state index >= 15 is 0 Å². The summed E-state index contributed by atoms with van der Waals surface area (Å²) < 4.78 is 5.37. The Balaban J connectivity index is 2.97. The van der Waals surface area contributed by atoms with Crippen molar-refractivity contribution in [2.45, 2.75) is 26.3 Å². The monoisotopic (exact) mass is 239 g/mol. The van der Waals surface area contributed by atoms with Crippen molar-refractivity contribution >= 4 is 12.6 Å². The lowest BCUT2D eigenvalue weighted by molar-refractivity contribution is 0.363. The fraction of sp³-hybridized carbons (Fsp3) is 0.538. The number of methoxy groups -OCH3 is 1. The Morgan fingerprint density at radius 1 is 1.38 bits per heavy atom. The van der Waals surface area contributed by atoms with E-state index in [1.165, 1.54) is 11.1 Å². The van der Waals surface area contributed by atoms with Gasteiger partial charge in [0.1, 0.15) is 5.75 Å². The molecule has 0 saturated heterocycles. The Labute approximate surface area is 104 Å². The average Bonchev–Trinajstić information content (AvgIpc) is 2.28. The predicted molar refractivity (Wildman–Crippen MR) is 72.4 cm³/mol. The van der Waals surface area contributed by atoms with Crippen molar-refractivity contribution in [1.82, 2.24) is 4.90 Å². The Bertz CT molecular complexity index is 339. The molecule has 2 nitrogen and oxygen atoms in total. The molecule has 0 amide bonds. The van der Waals surface area contributed by atoms with Gasteiger partial charge in [0.25, 0.3) is 0 Å². The molecule has 1 aromatic rings. The van der Waals surface area contributed by atoms with Gasteiger partial charge in [0.2, 0.25) is 0 Å². The van der Waals surface area contributed by atoms with Crippen LogP contribution in [0.1, 0.15) is 30.9 Å². The largest absolute Gasteiger partial charge is 0.496 e. The molecule has 1 rings (SSSR count). The van der Waals surface area contributed by atoms with Crippen LogP contribution in [0.15, 0.2) is 18.2 Å². The predicted octanol–water partition coefficient (Wildman–Crippen LogP) is 3.14. The van der Waals surface area contributed by atoms with E-state index in [0.717, 1.165) is 18.2 Å². The number of nitrogens with zero attached hydrogens (tertiary/aromatic N) is 1. The SMILES string of the molecule is COc1ccc(C(C)C)cc1CN(C)CS. The summed E-state index contributed by atoms with van der Waals surface area (Å²) in [5, 5.41) is 0. The third kappa shape index (κ3) is 3.42. The van der Waals surface area contributed by atoms with E-state index in [4.69, 9.17) is 4.74 Å². The summed E-state index contributed by atoms with van der Waals surface area (Å²) in [6, 6.07) is 6.41. The molecule has 0 heterocycles. The van der Waals surface area contributed by atoms with Crippen molar-refractivity contribution in [1.29, 1.82) is 0 Å². The Morgan fingerprint density at radius 2 is 2.06 bits per heavy atom. The molecule has 16 heavy (non-hydrogen) atoms. The number of rotatable bonds is 5. The maximum Gasteiger partial charge on any atom is 0.123 e. The minimum Gasteiger partial charge on any atom is -0.496 e. The second-order valence-corrected chi connectivity index (χ2v) is 4.66. The highest BCUT2D eigenvalue weighted by atomic mass is 32.1. The summed E-state index contributed by atoms with van der Waals surface area (Å²) in [4.78, 5) is 2.14. The molecule has 0 aliphatic heterocycles. The molecule has 0 fully saturated rings. The molecule has 0 aliphatic rings. The molecule has 0 N–H and O–H groups in total. The van der Waals surface area contributed by atoms with Gasteiger partial charge in [-0.25, -0.2) is 0 Å². The second-order valence-electron chi connectivity index (χ2n) is 4.38. The van der Waals surface area contributed by atoms with E-state index in [1.807, 2.05) is 0 Å². The highest BCUT2D eigenvalue weighted by Crippen LogP contribution is 2.25. The maximum atomic E-state index is 5.37. The Hall–Kier alpha value is -0.670. The second kappa shape index (κ2) is 6.16.